The number of carbonyl (C=O) groups is 1. The first kappa shape index (κ1) is 23.1. The number of halogens is 1. The molecule has 37 heavy (non-hydrogen) atoms. The molecule has 0 atom stereocenters. The Labute approximate surface area is 216 Å². The maximum Gasteiger partial charge on any atom is 0.219 e. The van der Waals surface area contributed by atoms with Gasteiger partial charge in [-0.2, -0.15) is 5.10 Å². The molecule has 1 saturated heterocycles. The van der Waals surface area contributed by atoms with Gasteiger partial charge in [0.05, 0.1) is 29.3 Å². The van der Waals surface area contributed by atoms with Gasteiger partial charge in [-0.3, -0.25) is 4.79 Å². The van der Waals surface area contributed by atoms with Crippen LogP contribution in [0.5, 0.6) is 11.6 Å². The molecular formula is C27H23FN6O2S. The van der Waals surface area contributed by atoms with Crippen LogP contribution in [-0.2, 0) is 0 Å². The second-order valence-electron chi connectivity index (χ2n) is 8.77. The van der Waals surface area contributed by atoms with Gasteiger partial charge in [0.1, 0.15) is 5.82 Å². The first-order valence-corrected chi connectivity index (χ1v) is 12.7. The zero-order valence-electron chi connectivity index (χ0n) is 19.9. The summed E-state index contributed by atoms with van der Waals surface area (Å²) in [6, 6.07) is 15.8. The van der Waals surface area contributed by atoms with Crippen molar-refractivity contribution in [2.24, 2.45) is 0 Å². The summed E-state index contributed by atoms with van der Waals surface area (Å²) >= 11 is 1.81. The van der Waals surface area contributed by atoms with E-state index < -0.39 is 5.82 Å². The third kappa shape index (κ3) is 4.29. The first-order chi connectivity index (χ1) is 18.0. The zero-order chi connectivity index (χ0) is 25.5. The van der Waals surface area contributed by atoms with Crippen molar-refractivity contribution in [1.82, 2.24) is 19.7 Å². The van der Waals surface area contributed by atoms with Crippen LogP contribution < -0.4 is 14.8 Å². The lowest BCUT2D eigenvalue weighted by molar-refractivity contribution is 0.103. The molecule has 2 aromatic carbocycles. The summed E-state index contributed by atoms with van der Waals surface area (Å²) in [5.41, 5.74) is 10.4. The summed E-state index contributed by atoms with van der Waals surface area (Å²) in [5, 5.41) is 5.30. The lowest BCUT2D eigenvalue weighted by Crippen LogP contribution is -2.09. The third-order valence-corrected chi connectivity index (χ3v) is 7.46. The molecule has 10 heteroatoms. The smallest absolute Gasteiger partial charge is 0.219 e. The molecule has 0 aliphatic carbocycles. The van der Waals surface area contributed by atoms with Crippen LogP contribution in [0.15, 0.2) is 67.0 Å². The van der Waals surface area contributed by atoms with E-state index in [4.69, 9.17) is 10.5 Å². The van der Waals surface area contributed by atoms with E-state index in [9.17, 15) is 9.18 Å². The van der Waals surface area contributed by atoms with Gasteiger partial charge in [-0.25, -0.2) is 14.1 Å². The highest BCUT2D eigenvalue weighted by molar-refractivity contribution is 8.00. The van der Waals surface area contributed by atoms with E-state index in [1.165, 1.54) is 29.2 Å². The topological polar surface area (TPSA) is 102 Å². The van der Waals surface area contributed by atoms with Crippen LogP contribution in [0.25, 0.3) is 16.6 Å². The molecule has 3 aromatic heterocycles. The molecule has 1 aliphatic rings. The van der Waals surface area contributed by atoms with Crippen LogP contribution in [0.1, 0.15) is 28.0 Å². The predicted octanol–water partition coefficient (Wildman–Crippen LogP) is 5.66. The van der Waals surface area contributed by atoms with Gasteiger partial charge >= 0.3 is 0 Å². The standard InChI is InChI=1S/C27H23FN6O2S/c1-16-11-25(36-24-6-3-2-5-20(24)28)30-15-23(16)34-27(29)19(14-31-34)26(35)22-12-17-7-8-18(13-21(17)32-22)33-9-4-10-37-33/h2-3,5-8,11-15,32H,4,9-10,29H2,1H3. The number of hydrogen-bond acceptors (Lipinski definition) is 7. The monoisotopic (exact) mass is 514 g/mol. The highest BCUT2D eigenvalue weighted by Crippen LogP contribution is 2.32. The molecule has 4 heterocycles. The number of nitrogen functional groups attached to an aromatic ring is 1. The summed E-state index contributed by atoms with van der Waals surface area (Å²) in [4.78, 5) is 20.9. The molecule has 1 fully saturated rings. The molecule has 5 aromatic rings. The number of para-hydroxylation sites is 1. The minimum absolute atomic E-state index is 0.0817. The average molecular weight is 515 g/mol. The van der Waals surface area contributed by atoms with Crippen LogP contribution in [0.3, 0.4) is 0 Å². The SMILES string of the molecule is Cc1cc(Oc2ccccc2F)ncc1-n1ncc(C(=O)c2cc3ccc(N4CCCS4)cc3[nH]2)c1N. The Morgan fingerprint density at radius 1 is 1.16 bits per heavy atom. The maximum absolute atomic E-state index is 13.9. The van der Waals surface area contributed by atoms with Gasteiger partial charge in [0.25, 0.3) is 0 Å². The highest BCUT2D eigenvalue weighted by Gasteiger charge is 2.21. The Morgan fingerprint density at radius 2 is 2.03 bits per heavy atom. The van der Waals surface area contributed by atoms with Gasteiger partial charge in [0, 0.05) is 35.0 Å². The quantitative estimate of drug-likeness (QED) is 0.223. The molecule has 186 valence electrons. The number of hydrogen-bond donors (Lipinski definition) is 2. The number of ether oxygens (including phenoxy) is 1. The molecule has 0 amide bonds. The molecule has 1 aliphatic heterocycles. The number of rotatable bonds is 6. The van der Waals surface area contributed by atoms with Crippen LogP contribution in [0.4, 0.5) is 15.9 Å². The lowest BCUT2D eigenvalue weighted by Gasteiger charge is -2.15. The average Bonchev–Trinajstić information content (AvgIpc) is 3.65. The second kappa shape index (κ2) is 9.29. The van der Waals surface area contributed by atoms with Crippen LogP contribution in [0, 0.1) is 12.7 Å². The molecule has 3 N–H and O–H groups in total. The van der Waals surface area contributed by atoms with Crippen LogP contribution in [-0.4, -0.2) is 37.8 Å². The van der Waals surface area contributed by atoms with Crippen molar-refractivity contribution >= 4 is 40.1 Å². The number of carbonyl (C=O) groups excluding carboxylic acids is 1. The van der Waals surface area contributed by atoms with E-state index in [-0.39, 0.29) is 28.8 Å². The number of benzene rings is 2. The Bertz CT molecular complexity index is 1640. The molecular weight excluding hydrogens is 491 g/mol. The lowest BCUT2D eigenvalue weighted by atomic mass is 10.1. The third-order valence-electron chi connectivity index (χ3n) is 6.28. The molecule has 0 radical (unpaired) electrons. The maximum atomic E-state index is 13.9. The van der Waals surface area contributed by atoms with Crippen LogP contribution >= 0.6 is 11.9 Å². The molecule has 8 nitrogen and oxygen atoms in total. The normalized spacial score (nSPS) is 13.4. The van der Waals surface area contributed by atoms with Crippen molar-refractivity contribution in [2.75, 3.05) is 22.3 Å². The summed E-state index contributed by atoms with van der Waals surface area (Å²) < 4.78 is 23.2. The fraction of sp³-hybridized carbons (Fsp3) is 0.148. The second-order valence-corrected chi connectivity index (χ2v) is 9.88. The number of aromatic amines is 1. The van der Waals surface area contributed by atoms with E-state index in [0.717, 1.165) is 40.9 Å². The van der Waals surface area contributed by atoms with E-state index in [1.54, 1.807) is 18.2 Å². The van der Waals surface area contributed by atoms with E-state index in [2.05, 4.69) is 31.5 Å². The zero-order valence-corrected chi connectivity index (χ0v) is 20.8. The number of aryl methyl sites for hydroxylation is 1. The molecule has 0 spiro atoms. The minimum Gasteiger partial charge on any atom is -0.436 e. The minimum atomic E-state index is -0.478. The van der Waals surface area contributed by atoms with Crippen molar-refractivity contribution in [3.05, 3.63) is 89.6 Å². The number of pyridine rings is 1. The van der Waals surface area contributed by atoms with Crippen molar-refractivity contribution < 1.29 is 13.9 Å². The Balaban J connectivity index is 1.26. The largest absolute Gasteiger partial charge is 0.436 e. The number of aromatic nitrogens is 4. The van der Waals surface area contributed by atoms with E-state index in [1.807, 2.05) is 31.0 Å². The van der Waals surface area contributed by atoms with Crippen molar-refractivity contribution in [1.29, 1.82) is 0 Å². The van der Waals surface area contributed by atoms with Crippen LogP contribution in [0.2, 0.25) is 0 Å². The number of H-pyrrole nitrogens is 1. The fourth-order valence-electron chi connectivity index (χ4n) is 4.35. The number of ketones is 1. The Kier molecular flexibility index (Phi) is 5.80. The Hall–Kier alpha value is -4.31. The van der Waals surface area contributed by atoms with Gasteiger partial charge in [0.2, 0.25) is 11.7 Å². The summed E-state index contributed by atoms with van der Waals surface area (Å²) in [6.45, 7) is 2.85. The van der Waals surface area contributed by atoms with E-state index >= 15 is 0 Å². The summed E-state index contributed by atoms with van der Waals surface area (Å²) in [7, 11) is 0. The Morgan fingerprint density at radius 3 is 2.81 bits per heavy atom. The first-order valence-electron chi connectivity index (χ1n) is 11.8. The molecule has 0 saturated carbocycles. The molecule has 0 unspecified atom stereocenters. The summed E-state index contributed by atoms with van der Waals surface area (Å²) in [6.07, 6.45) is 4.15. The number of fused-ring (bicyclic) bond motifs is 1. The summed E-state index contributed by atoms with van der Waals surface area (Å²) in [5.74, 6) is 0.907. The van der Waals surface area contributed by atoms with Gasteiger partial charge in [-0.15, -0.1) is 0 Å². The fourth-order valence-corrected chi connectivity index (χ4v) is 5.35. The van der Waals surface area contributed by atoms with Crippen molar-refractivity contribution in [3.63, 3.8) is 0 Å². The van der Waals surface area contributed by atoms with Gasteiger partial charge < -0.3 is 19.8 Å². The van der Waals surface area contributed by atoms with Crippen molar-refractivity contribution in [2.45, 2.75) is 13.3 Å². The molecule has 6 rings (SSSR count). The number of nitrogens with zero attached hydrogens (tertiary/aromatic N) is 4. The van der Waals surface area contributed by atoms with E-state index in [0.29, 0.717) is 11.4 Å². The van der Waals surface area contributed by atoms with Gasteiger partial charge in [-0.1, -0.05) is 18.2 Å². The van der Waals surface area contributed by atoms with Crippen molar-refractivity contribution in [3.8, 4) is 17.3 Å². The molecule has 0 bridgehead atoms. The van der Waals surface area contributed by atoms with Gasteiger partial charge in [-0.05, 0) is 61.2 Å². The predicted molar refractivity (Wildman–Crippen MR) is 143 cm³/mol. The number of anilines is 2. The van der Waals surface area contributed by atoms with Gasteiger partial charge in [0.15, 0.2) is 11.6 Å². The number of nitrogens with one attached hydrogen (secondary N) is 1. The number of nitrogens with two attached hydrogens (primary N) is 1. The highest BCUT2D eigenvalue weighted by atomic mass is 32.2.